The molecule has 5 heteroatoms. The third kappa shape index (κ3) is 5.14. The van der Waals surface area contributed by atoms with Crippen LogP contribution in [0.1, 0.15) is 40.5 Å². The minimum atomic E-state index is -0.214. The summed E-state index contributed by atoms with van der Waals surface area (Å²) in [4.78, 5) is 31.0. The number of aromatic nitrogens is 2. The van der Waals surface area contributed by atoms with Crippen molar-refractivity contribution in [1.82, 2.24) is 15.3 Å². The molecule has 0 radical (unpaired) electrons. The van der Waals surface area contributed by atoms with E-state index in [0.717, 1.165) is 11.1 Å². The van der Waals surface area contributed by atoms with Crippen molar-refractivity contribution in [2.45, 2.75) is 32.7 Å². The molecule has 2 N–H and O–H groups in total. The Kier molecular flexibility index (Phi) is 5.81. The van der Waals surface area contributed by atoms with E-state index in [1.807, 2.05) is 37.3 Å². The number of aromatic amines is 1. The predicted octanol–water partition coefficient (Wildman–Crippen LogP) is 3.23. The number of aryl methyl sites for hydroxylation is 2. The van der Waals surface area contributed by atoms with Gasteiger partial charge >= 0.3 is 0 Å². The summed E-state index contributed by atoms with van der Waals surface area (Å²) < 4.78 is 0. The number of hydrogen-bond donors (Lipinski definition) is 2. The summed E-state index contributed by atoms with van der Waals surface area (Å²) in [7, 11) is 0. The zero-order valence-electron chi connectivity index (χ0n) is 15.5. The van der Waals surface area contributed by atoms with Gasteiger partial charge in [-0.1, -0.05) is 60.2 Å². The fourth-order valence-electron chi connectivity index (χ4n) is 3.08. The quantitative estimate of drug-likeness (QED) is 0.708. The fraction of sp³-hybridized carbons (Fsp3) is 0.227. The molecule has 0 saturated heterocycles. The highest BCUT2D eigenvalue weighted by Crippen LogP contribution is 2.28. The number of amides is 1. The van der Waals surface area contributed by atoms with Gasteiger partial charge in [0, 0.05) is 24.1 Å². The van der Waals surface area contributed by atoms with Crippen molar-refractivity contribution in [3.8, 4) is 0 Å². The third-order valence-corrected chi connectivity index (χ3v) is 4.44. The second kappa shape index (κ2) is 8.45. The molecule has 3 rings (SSSR count). The van der Waals surface area contributed by atoms with E-state index in [-0.39, 0.29) is 23.9 Å². The lowest BCUT2D eigenvalue weighted by Gasteiger charge is -2.18. The van der Waals surface area contributed by atoms with Gasteiger partial charge < -0.3 is 10.3 Å². The molecule has 0 saturated carbocycles. The van der Waals surface area contributed by atoms with Crippen molar-refractivity contribution >= 4 is 5.91 Å². The molecule has 0 aliphatic rings. The van der Waals surface area contributed by atoms with Crippen LogP contribution in [0, 0.1) is 13.8 Å². The summed E-state index contributed by atoms with van der Waals surface area (Å²) in [6, 6.07) is 19.7. The second-order valence-corrected chi connectivity index (χ2v) is 6.69. The molecule has 138 valence electrons. The van der Waals surface area contributed by atoms with Gasteiger partial charge in [-0.05, 0) is 25.0 Å². The Morgan fingerprint density at radius 3 is 2.37 bits per heavy atom. The molecule has 27 heavy (non-hydrogen) atoms. The lowest BCUT2D eigenvalue weighted by atomic mass is 9.88. The number of hydrogen-bond acceptors (Lipinski definition) is 3. The highest BCUT2D eigenvalue weighted by atomic mass is 16.1. The van der Waals surface area contributed by atoms with Crippen LogP contribution in [0.4, 0.5) is 0 Å². The monoisotopic (exact) mass is 361 g/mol. The minimum absolute atomic E-state index is 0.0312. The van der Waals surface area contributed by atoms with Crippen LogP contribution in [0.5, 0.6) is 0 Å². The standard InChI is InChI=1S/C22H23N3O2/c1-15-8-10-18(11-9-15)19(17-6-4-3-5-7-17)13-21(26)23-14-20-24-16(2)12-22(27)25-20/h3-12,19H,13-14H2,1-2H3,(H,23,26)(H,24,25,27)/t19-/m1/s1. The average Bonchev–Trinajstić information content (AvgIpc) is 2.65. The first-order chi connectivity index (χ1) is 13.0. The van der Waals surface area contributed by atoms with Gasteiger partial charge in [-0.3, -0.25) is 9.59 Å². The van der Waals surface area contributed by atoms with Crippen molar-refractivity contribution in [3.63, 3.8) is 0 Å². The van der Waals surface area contributed by atoms with Gasteiger partial charge in [-0.15, -0.1) is 0 Å². The summed E-state index contributed by atoms with van der Waals surface area (Å²) in [5, 5.41) is 2.86. The van der Waals surface area contributed by atoms with Crippen molar-refractivity contribution in [2.24, 2.45) is 0 Å². The molecule has 5 nitrogen and oxygen atoms in total. The molecule has 0 aliphatic heterocycles. The lowest BCUT2D eigenvalue weighted by molar-refractivity contribution is -0.121. The molecule has 0 spiro atoms. The molecule has 1 amide bonds. The smallest absolute Gasteiger partial charge is 0.251 e. The molecule has 1 heterocycles. The van der Waals surface area contributed by atoms with Gasteiger partial charge in [-0.2, -0.15) is 0 Å². The molecule has 0 bridgehead atoms. The molecule has 0 unspecified atom stereocenters. The zero-order valence-corrected chi connectivity index (χ0v) is 15.5. The van der Waals surface area contributed by atoms with Crippen LogP contribution in [-0.4, -0.2) is 15.9 Å². The number of H-pyrrole nitrogens is 1. The number of rotatable bonds is 6. The highest BCUT2D eigenvalue weighted by Gasteiger charge is 2.18. The molecule has 3 aromatic rings. The topological polar surface area (TPSA) is 74.8 Å². The maximum absolute atomic E-state index is 12.6. The molecule has 0 fully saturated rings. The Hall–Kier alpha value is -3.21. The number of carbonyl (C=O) groups excluding carboxylic acids is 1. The van der Waals surface area contributed by atoms with E-state index in [4.69, 9.17) is 0 Å². The summed E-state index contributed by atoms with van der Waals surface area (Å²) in [6.07, 6.45) is 0.323. The van der Waals surface area contributed by atoms with E-state index in [0.29, 0.717) is 17.9 Å². The normalized spacial score (nSPS) is 11.8. The van der Waals surface area contributed by atoms with E-state index >= 15 is 0 Å². The minimum Gasteiger partial charge on any atom is -0.349 e. The maximum Gasteiger partial charge on any atom is 0.251 e. The van der Waals surface area contributed by atoms with Crippen LogP contribution < -0.4 is 10.9 Å². The van der Waals surface area contributed by atoms with Gasteiger partial charge in [-0.25, -0.2) is 4.98 Å². The van der Waals surface area contributed by atoms with Crippen LogP contribution in [-0.2, 0) is 11.3 Å². The van der Waals surface area contributed by atoms with E-state index in [9.17, 15) is 9.59 Å². The van der Waals surface area contributed by atoms with Crippen LogP contribution >= 0.6 is 0 Å². The fourth-order valence-corrected chi connectivity index (χ4v) is 3.08. The molecule has 1 aromatic heterocycles. The Labute approximate surface area is 158 Å². The van der Waals surface area contributed by atoms with Gasteiger partial charge in [0.2, 0.25) is 5.91 Å². The highest BCUT2D eigenvalue weighted by molar-refractivity contribution is 5.77. The molecule has 2 aromatic carbocycles. The van der Waals surface area contributed by atoms with E-state index in [1.54, 1.807) is 6.92 Å². The first kappa shape index (κ1) is 18.6. The first-order valence-corrected chi connectivity index (χ1v) is 8.96. The number of benzene rings is 2. The maximum atomic E-state index is 12.6. The largest absolute Gasteiger partial charge is 0.349 e. The van der Waals surface area contributed by atoms with Crippen molar-refractivity contribution < 1.29 is 4.79 Å². The molecular formula is C22H23N3O2. The number of carbonyl (C=O) groups is 1. The van der Waals surface area contributed by atoms with Crippen LogP contribution in [0.25, 0.3) is 0 Å². The van der Waals surface area contributed by atoms with Crippen molar-refractivity contribution in [3.05, 3.63) is 99.2 Å². The summed E-state index contributed by atoms with van der Waals surface area (Å²) in [5.74, 6) is 0.338. The van der Waals surface area contributed by atoms with Crippen LogP contribution in [0.2, 0.25) is 0 Å². The van der Waals surface area contributed by atoms with E-state index in [1.165, 1.54) is 11.6 Å². The second-order valence-electron chi connectivity index (χ2n) is 6.69. The Morgan fingerprint density at radius 2 is 1.70 bits per heavy atom. The third-order valence-electron chi connectivity index (χ3n) is 4.44. The molecular weight excluding hydrogens is 338 g/mol. The predicted molar refractivity (Wildman–Crippen MR) is 106 cm³/mol. The molecule has 1 atom stereocenters. The first-order valence-electron chi connectivity index (χ1n) is 8.96. The Bertz CT molecular complexity index is 963. The van der Waals surface area contributed by atoms with Crippen LogP contribution in [0.3, 0.4) is 0 Å². The van der Waals surface area contributed by atoms with Gasteiger partial charge in [0.1, 0.15) is 5.82 Å². The summed E-state index contributed by atoms with van der Waals surface area (Å²) in [6.45, 7) is 4.00. The van der Waals surface area contributed by atoms with E-state index < -0.39 is 0 Å². The Morgan fingerprint density at radius 1 is 1.04 bits per heavy atom. The van der Waals surface area contributed by atoms with E-state index in [2.05, 4.69) is 39.6 Å². The SMILES string of the molecule is Cc1ccc([C@H](CC(=O)NCc2nc(C)cc(=O)[nH]2)c2ccccc2)cc1. The zero-order chi connectivity index (χ0) is 19.2. The summed E-state index contributed by atoms with van der Waals surface area (Å²) >= 11 is 0. The van der Waals surface area contributed by atoms with Crippen molar-refractivity contribution in [1.29, 1.82) is 0 Å². The summed E-state index contributed by atoms with van der Waals surface area (Å²) in [5.41, 5.74) is 3.80. The van der Waals surface area contributed by atoms with Gasteiger partial charge in [0.25, 0.3) is 5.56 Å². The average molecular weight is 361 g/mol. The van der Waals surface area contributed by atoms with Crippen molar-refractivity contribution in [2.75, 3.05) is 0 Å². The Balaban J connectivity index is 1.74. The van der Waals surface area contributed by atoms with Crippen LogP contribution in [0.15, 0.2) is 65.5 Å². The lowest BCUT2D eigenvalue weighted by Crippen LogP contribution is -2.27. The number of nitrogens with zero attached hydrogens (tertiary/aromatic N) is 1. The van der Waals surface area contributed by atoms with Gasteiger partial charge in [0.05, 0.1) is 6.54 Å². The molecule has 0 aliphatic carbocycles. The number of nitrogens with one attached hydrogen (secondary N) is 2. The van der Waals surface area contributed by atoms with Gasteiger partial charge in [0.15, 0.2) is 0 Å².